The van der Waals surface area contributed by atoms with Crippen molar-refractivity contribution in [1.29, 1.82) is 0 Å². The van der Waals surface area contributed by atoms with E-state index in [0.717, 1.165) is 37.8 Å². The summed E-state index contributed by atoms with van der Waals surface area (Å²) >= 11 is 0. The minimum Gasteiger partial charge on any atom is -0.490 e. The van der Waals surface area contributed by atoms with Crippen molar-refractivity contribution in [2.75, 3.05) is 31.1 Å². The average Bonchev–Trinajstić information content (AvgIpc) is 2.56. The summed E-state index contributed by atoms with van der Waals surface area (Å²) in [6.45, 7) is 6.66. The Balaban J connectivity index is 1.56. The van der Waals surface area contributed by atoms with Crippen LogP contribution in [0.2, 0.25) is 0 Å². The fourth-order valence-corrected chi connectivity index (χ4v) is 3.57. The molecule has 2 fully saturated rings. The van der Waals surface area contributed by atoms with E-state index in [1.165, 1.54) is 37.8 Å². The van der Waals surface area contributed by atoms with Crippen molar-refractivity contribution in [3.63, 3.8) is 0 Å². The van der Waals surface area contributed by atoms with E-state index in [2.05, 4.69) is 41.4 Å². The first kappa shape index (κ1) is 14.7. The molecule has 1 heterocycles. The Labute approximate surface area is 128 Å². The predicted octanol–water partition coefficient (Wildman–Crippen LogP) is 3.44. The lowest BCUT2D eigenvalue weighted by molar-refractivity contribution is 0.122. The molecule has 21 heavy (non-hydrogen) atoms. The fraction of sp³-hybridized carbons (Fsp3) is 0.667. The van der Waals surface area contributed by atoms with Gasteiger partial charge in [0.05, 0.1) is 6.10 Å². The third kappa shape index (κ3) is 3.91. The molecule has 0 amide bonds. The second kappa shape index (κ2) is 7.17. The molecule has 1 N–H and O–H groups in total. The van der Waals surface area contributed by atoms with E-state index in [9.17, 15) is 0 Å². The minimum absolute atomic E-state index is 0.425. The Hall–Kier alpha value is -1.22. The van der Waals surface area contributed by atoms with E-state index in [-0.39, 0.29) is 0 Å². The van der Waals surface area contributed by atoms with Gasteiger partial charge in [0.2, 0.25) is 0 Å². The van der Waals surface area contributed by atoms with E-state index in [0.29, 0.717) is 6.10 Å². The second-order valence-electron chi connectivity index (χ2n) is 6.41. The number of hydrogen-bond acceptors (Lipinski definition) is 3. The molecule has 2 atom stereocenters. The molecule has 1 saturated heterocycles. The zero-order chi connectivity index (χ0) is 14.5. The minimum atomic E-state index is 0.425. The molecular formula is C18H28N2O. The maximum absolute atomic E-state index is 6.20. The lowest BCUT2D eigenvalue weighted by Crippen LogP contribution is -2.43. The summed E-state index contributed by atoms with van der Waals surface area (Å²) in [5.41, 5.74) is 1.32. The van der Waals surface area contributed by atoms with Crippen molar-refractivity contribution < 1.29 is 4.74 Å². The molecule has 0 aromatic heterocycles. The van der Waals surface area contributed by atoms with Gasteiger partial charge in [0.15, 0.2) is 0 Å². The number of piperazine rings is 1. The lowest BCUT2D eigenvalue weighted by atomic mass is 9.85. The average molecular weight is 288 g/mol. The summed E-state index contributed by atoms with van der Waals surface area (Å²) < 4.78 is 6.20. The van der Waals surface area contributed by atoms with Crippen LogP contribution >= 0.6 is 0 Å². The predicted molar refractivity (Wildman–Crippen MR) is 88.2 cm³/mol. The van der Waals surface area contributed by atoms with E-state index < -0.39 is 0 Å². The molecule has 2 aliphatic rings. The molecule has 0 bridgehead atoms. The van der Waals surface area contributed by atoms with Crippen LogP contribution in [0, 0.1) is 5.92 Å². The van der Waals surface area contributed by atoms with Crippen molar-refractivity contribution in [2.45, 2.75) is 45.1 Å². The van der Waals surface area contributed by atoms with Gasteiger partial charge in [-0.15, -0.1) is 0 Å². The third-order valence-corrected chi connectivity index (χ3v) is 4.93. The first-order chi connectivity index (χ1) is 10.3. The quantitative estimate of drug-likeness (QED) is 0.918. The summed E-state index contributed by atoms with van der Waals surface area (Å²) in [5.74, 6) is 1.90. The monoisotopic (exact) mass is 288 g/mol. The van der Waals surface area contributed by atoms with Crippen LogP contribution in [0.1, 0.15) is 39.0 Å². The van der Waals surface area contributed by atoms with Crippen LogP contribution < -0.4 is 15.0 Å². The van der Waals surface area contributed by atoms with Crippen LogP contribution in [0.25, 0.3) is 0 Å². The highest BCUT2D eigenvalue weighted by Gasteiger charge is 2.22. The Bertz CT molecular complexity index is 425. The van der Waals surface area contributed by atoms with Crippen LogP contribution in [0.5, 0.6) is 5.75 Å². The van der Waals surface area contributed by atoms with Crippen molar-refractivity contribution in [3.8, 4) is 5.75 Å². The van der Waals surface area contributed by atoms with Crippen LogP contribution in [-0.2, 0) is 0 Å². The number of hydrogen-bond donors (Lipinski definition) is 1. The summed E-state index contributed by atoms with van der Waals surface area (Å²) in [4.78, 5) is 2.44. The molecule has 1 saturated carbocycles. The van der Waals surface area contributed by atoms with Crippen molar-refractivity contribution in [1.82, 2.24) is 5.32 Å². The molecular weight excluding hydrogens is 260 g/mol. The standard InChI is InChI=1S/C18H28N2O/c1-2-15-4-3-5-18(14-15)21-17-8-6-16(7-9-17)20-12-10-19-11-13-20/h6-9,15,18-19H,2-5,10-14H2,1H3. The van der Waals surface area contributed by atoms with E-state index >= 15 is 0 Å². The highest BCUT2D eigenvalue weighted by Crippen LogP contribution is 2.30. The largest absolute Gasteiger partial charge is 0.490 e. The molecule has 3 nitrogen and oxygen atoms in total. The highest BCUT2D eigenvalue weighted by molar-refractivity contribution is 5.49. The van der Waals surface area contributed by atoms with Gasteiger partial charge in [0.1, 0.15) is 5.75 Å². The van der Waals surface area contributed by atoms with Crippen LogP contribution in [-0.4, -0.2) is 32.3 Å². The van der Waals surface area contributed by atoms with Crippen molar-refractivity contribution >= 4 is 5.69 Å². The normalized spacial score (nSPS) is 26.6. The number of anilines is 1. The second-order valence-corrected chi connectivity index (χ2v) is 6.41. The van der Waals surface area contributed by atoms with Crippen LogP contribution in [0.4, 0.5) is 5.69 Å². The number of benzene rings is 1. The zero-order valence-corrected chi connectivity index (χ0v) is 13.2. The van der Waals surface area contributed by atoms with Crippen molar-refractivity contribution in [2.24, 2.45) is 5.92 Å². The van der Waals surface area contributed by atoms with E-state index in [1.807, 2.05) is 0 Å². The summed E-state index contributed by atoms with van der Waals surface area (Å²) in [6.07, 6.45) is 6.88. The summed E-state index contributed by atoms with van der Waals surface area (Å²) in [5, 5.41) is 3.39. The molecule has 1 aromatic rings. The maximum Gasteiger partial charge on any atom is 0.119 e. The Kier molecular flexibility index (Phi) is 5.02. The van der Waals surface area contributed by atoms with Crippen LogP contribution in [0.15, 0.2) is 24.3 Å². The van der Waals surface area contributed by atoms with E-state index in [1.54, 1.807) is 0 Å². The van der Waals surface area contributed by atoms with Gasteiger partial charge in [-0.3, -0.25) is 0 Å². The topological polar surface area (TPSA) is 24.5 Å². The Morgan fingerprint density at radius 3 is 2.62 bits per heavy atom. The number of rotatable bonds is 4. The summed E-state index contributed by atoms with van der Waals surface area (Å²) in [7, 11) is 0. The molecule has 1 aliphatic heterocycles. The van der Waals surface area contributed by atoms with Crippen LogP contribution in [0.3, 0.4) is 0 Å². The Morgan fingerprint density at radius 1 is 1.14 bits per heavy atom. The first-order valence-corrected chi connectivity index (χ1v) is 8.57. The van der Waals surface area contributed by atoms with Gasteiger partial charge in [-0.2, -0.15) is 0 Å². The van der Waals surface area contributed by atoms with Gasteiger partial charge < -0.3 is 15.0 Å². The van der Waals surface area contributed by atoms with Gasteiger partial charge in [-0.25, -0.2) is 0 Å². The molecule has 2 unspecified atom stereocenters. The molecule has 3 heteroatoms. The van der Waals surface area contributed by atoms with Gasteiger partial charge >= 0.3 is 0 Å². The molecule has 1 aromatic carbocycles. The molecule has 3 rings (SSSR count). The van der Waals surface area contributed by atoms with Gasteiger partial charge in [-0.05, 0) is 49.4 Å². The highest BCUT2D eigenvalue weighted by atomic mass is 16.5. The van der Waals surface area contributed by atoms with Gasteiger partial charge in [-0.1, -0.05) is 19.8 Å². The van der Waals surface area contributed by atoms with Gasteiger partial charge in [0.25, 0.3) is 0 Å². The maximum atomic E-state index is 6.20. The first-order valence-electron chi connectivity index (χ1n) is 8.57. The number of nitrogens with one attached hydrogen (secondary N) is 1. The number of nitrogens with zero attached hydrogens (tertiary/aromatic N) is 1. The zero-order valence-electron chi connectivity index (χ0n) is 13.2. The fourth-order valence-electron chi connectivity index (χ4n) is 3.57. The number of ether oxygens (including phenoxy) is 1. The smallest absolute Gasteiger partial charge is 0.119 e. The SMILES string of the molecule is CCC1CCCC(Oc2ccc(N3CCNCC3)cc2)C1. The Morgan fingerprint density at radius 2 is 1.90 bits per heavy atom. The van der Waals surface area contributed by atoms with E-state index in [4.69, 9.17) is 4.74 Å². The molecule has 1 aliphatic carbocycles. The van der Waals surface area contributed by atoms with Crippen molar-refractivity contribution in [3.05, 3.63) is 24.3 Å². The molecule has 0 spiro atoms. The molecule has 0 radical (unpaired) electrons. The molecule has 116 valence electrons. The van der Waals surface area contributed by atoms with Gasteiger partial charge in [0, 0.05) is 31.9 Å². The summed E-state index contributed by atoms with van der Waals surface area (Å²) in [6, 6.07) is 8.71. The third-order valence-electron chi connectivity index (χ3n) is 4.93. The lowest BCUT2D eigenvalue weighted by Gasteiger charge is -2.30.